The molecular weight excluding hydrogens is 580 g/mol. The Balaban J connectivity index is 1.56. The molecule has 0 atom stereocenters. The summed E-state index contributed by atoms with van der Waals surface area (Å²) in [5.41, 5.74) is 1.05. The first-order valence-corrected chi connectivity index (χ1v) is 13.6. The second-order valence-corrected chi connectivity index (χ2v) is 10.5. The number of hydrogen-bond acceptors (Lipinski definition) is 7. The molecule has 0 radical (unpaired) electrons. The first-order chi connectivity index (χ1) is 19.3. The van der Waals surface area contributed by atoms with Crippen molar-refractivity contribution in [2.75, 3.05) is 0 Å². The van der Waals surface area contributed by atoms with E-state index in [0.717, 1.165) is 32.1 Å². The van der Waals surface area contributed by atoms with Gasteiger partial charge in [0.05, 0.1) is 27.6 Å². The number of carboxylic acid groups (broad SMARTS) is 1. The third-order valence-corrected chi connectivity index (χ3v) is 7.36. The number of aromatic carboxylic acids is 1. The molecule has 10 nitrogen and oxygen atoms in total. The lowest BCUT2D eigenvalue weighted by Crippen LogP contribution is -2.25. The molecule has 4 aromatic rings. The van der Waals surface area contributed by atoms with Gasteiger partial charge < -0.3 is 9.84 Å². The van der Waals surface area contributed by atoms with E-state index < -0.39 is 10.9 Å². The van der Waals surface area contributed by atoms with Crippen molar-refractivity contribution in [1.82, 2.24) is 9.66 Å². The summed E-state index contributed by atoms with van der Waals surface area (Å²) >= 11 is 3.33. The lowest BCUT2D eigenvalue weighted by molar-refractivity contribution is -0.386. The zero-order valence-corrected chi connectivity index (χ0v) is 22.9. The van der Waals surface area contributed by atoms with Crippen LogP contribution in [0.3, 0.4) is 0 Å². The lowest BCUT2D eigenvalue weighted by atomic mass is 9.88. The zero-order chi connectivity index (χ0) is 28.2. The Morgan fingerprint density at radius 1 is 1.15 bits per heavy atom. The Labute approximate surface area is 237 Å². The van der Waals surface area contributed by atoms with Gasteiger partial charge in [0.15, 0.2) is 0 Å². The van der Waals surface area contributed by atoms with Gasteiger partial charge in [-0.3, -0.25) is 14.9 Å². The largest absolute Gasteiger partial charge is 0.481 e. The van der Waals surface area contributed by atoms with Crippen LogP contribution in [0.1, 0.15) is 65.3 Å². The minimum Gasteiger partial charge on any atom is -0.481 e. The average Bonchev–Trinajstić information content (AvgIpc) is 2.96. The van der Waals surface area contributed by atoms with Crippen LogP contribution in [0.2, 0.25) is 0 Å². The summed E-state index contributed by atoms with van der Waals surface area (Å²) in [6, 6.07) is 16.1. The van der Waals surface area contributed by atoms with Crippen LogP contribution in [0.5, 0.6) is 5.75 Å². The van der Waals surface area contributed by atoms with Crippen molar-refractivity contribution in [3.63, 3.8) is 0 Å². The number of hydrogen-bond donors (Lipinski definition) is 1. The number of carboxylic acids is 1. The van der Waals surface area contributed by atoms with Crippen LogP contribution >= 0.6 is 15.9 Å². The van der Waals surface area contributed by atoms with Crippen LogP contribution in [-0.2, 0) is 6.61 Å². The van der Waals surface area contributed by atoms with Gasteiger partial charge in [0, 0.05) is 22.0 Å². The van der Waals surface area contributed by atoms with Gasteiger partial charge in [-0.25, -0.2) is 9.78 Å². The van der Waals surface area contributed by atoms with Gasteiger partial charge in [0.25, 0.3) is 5.56 Å². The molecule has 1 N–H and O–H groups in total. The third-order valence-electron chi connectivity index (χ3n) is 6.91. The molecule has 1 heterocycles. The number of rotatable bonds is 8. The molecule has 1 aliphatic carbocycles. The third kappa shape index (κ3) is 5.79. The Morgan fingerprint density at radius 3 is 2.58 bits per heavy atom. The fourth-order valence-electron chi connectivity index (χ4n) is 4.89. The van der Waals surface area contributed by atoms with Crippen molar-refractivity contribution in [3.8, 4) is 5.75 Å². The minimum absolute atomic E-state index is 0.0275. The summed E-state index contributed by atoms with van der Waals surface area (Å²) in [5.74, 6) is -0.435. The van der Waals surface area contributed by atoms with Crippen molar-refractivity contribution in [1.29, 1.82) is 0 Å². The lowest BCUT2D eigenvalue weighted by Gasteiger charge is -2.22. The van der Waals surface area contributed by atoms with Crippen LogP contribution in [0, 0.1) is 10.1 Å². The number of aromatic nitrogens is 2. The van der Waals surface area contributed by atoms with Crippen LogP contribution in [0.4, 0.5) is 5.69 Å². The van der Waals surface area contributed by atoms with E-state index in [1.807, 2.05) is 12.1 Å². The summed E-state index contributed by atoms with van der Waals surface area (Å²) in [4.78, 5) is 40.9. The maximum atomic E-state index is 13.5. The highest BCUT2D eigenvalue weighted by Gasteiger charge is 2.24. The molecule has 0 spiro atoms. The molecule has 0 saturated heterocycles. The smallest absolute Gasteiger partial charge is 0.335 e. The van der Waals surface area contributed by atoms with E-state index in [-0.39, 0.29) is 40.6 Å². The molecular formula is C29H25BrN4O6. The number of halogens is 1. The van der Waals surface area contributed by atoms with Crippen molar-refractivity contribution < 1.29 is 19.6 Å². The van der Waals surface area contributed by atoms with E-state index in [1.54, 1.807) is 30.3 Å². The number of ether oxygens (including phenoxy) is 1. The monoisotopic (exact) mass is 604 g/mol. The first kappa shape index (κ1) is 27.2. The standard InChI is InChI=1S/C29H25BrN4O6/c30-22-14-21(26(25(15-22)34(38)39)40-17-18-10-12-20(13-11-18)29(36)37)16-31-33-27(19-6-2-1-3-7-19)32-24-9-5-4-8-23(24)28(33)35/h4-5,8-16,19H,1-3,6-7,17H2,(H,36,37). The van der Waals surface area contributed by atoms with E-state index in [9.17, 15) is 19.7 Å². The minimum atomic E-state index is -1.06. The average molecular weight is 605 g/mol. The molecule has 1 fully saturated rings. The Hall–Kier alpha value is -4.38. The predicted molar refractivity (Wildman–Crippen MR) is 153 cm³/mol. The highest BCUT2D eigenvalue weighted by atomic mass is 79.9. The molecule has 0 unspecified atom stereocenters. The molecule has 1 aromatic heterocycles. The molecule has 3 aromatic carbocycles. The van der Waals surface area contributed by atoms with Gasteiger partial charge in [-0.2, -0.15) is 9.78 Å². The van der Waals surface area contributed by atoms with Crippen LogP contribution < -0.4 is 10.3 Å². The van der Waals surface area contributed by atoms with Gasteiger partial charge in [0.2, 0.25) is 5.75 Å². The SMILES string of the molecule is O=C(O)c1ccc(COc2c(C=Nn3c(C4CCCCC4)nc4ccccc4c3=O)cc(Br)cc2[N+](=O)[O-])cc1. The van der Waals surface area contributed by atoms with Gasteiger partial charge in [0.1, 0.15) is 12.4 Å². The fourth-order valence-corrected chi connectivity index (χ4v) is 5.35. The summed E-state index contributed by atoms with van der Waals surface area (Å²) in [6.07, 6.45) is 6.40. The van der Waals surface area contributed by atoms with E-state index in [4.69, 9.17) is 14.8 Å². The van der Waals surface area contributed by atoms with Crippen molar-refractivity contribution in [2.45, 2.75) is 44.6 Å². The van der Waals surface area contributed by atoms with E-state index in [1.165, 1.54) is 29.1 Å². The Kier molecular flexibility index (Phi) is 8.01. The normalized spacial score (nSPS) is 14.0. The van der Waals surface area contributed by atoms with Gasteiger partial charge >= 0.3 is 11.7 Å². The van der Waals surface area contributed by atoms with E-state index in [2.05, 4.69) is 21.0 Å². The van der Waals surface area contributed by atoms with E-state index in [0.29, 0.717) is 26.8 Å². The Bertz CT molecular complexity index is 1680. The Morgan fingerprint density at radius 2 is 1.88 bits per heavy atom. The topological polar surface area (TPSA) is 137 Å². The number of para-hydroxylation sites is 1. The van der Waals surface area contributed by atoms with Crippen molar-refractivity contribution in [2.24, 2.45) is 5.10 Å². The second kappa shape index (κ2) is 11.8. The number of benzene rings is 3. The fraction of sp³-hybridized carbons (Fsp3) is 0.241. The van der Waals surface area contributed by atoms with Crippen LogP contribution in [-0.4, -0.2) is 31.9 Å². The number of carbonyl (C=O) groups is 1. The molecule has 0 amide bonds. The molecule has 0 aliphatic heterocycles. The number of nitro benzene ring substituents is 1. The second-order valence-electron chi connectivity index (χ2n) is 9.57. The molecule has 1 saturated carbocycles. The van der Waals surface area contributed by atoms with Crippen LogP contribution in [0.15, 0.2) is 75.0 Å². The highest BCUT2D eigenvalue weighted by molar-refractivity contribution is 9.10. The molecule has 0 bridgehead atoms. The first-order valence-electron chi connectivity index (χ1n) is 12.8. The summed E-state index contributed by atoms with van der Waals surface area (Å²) in [5, 5.41) is 26.0. The van der Waals surface area contributed by atoms with Crippen molar-refractivity contribution in [3.05, 3.63) is 108 Å². The highest BCUT2D eigenvalue weighted by Crippen LogP contribution is 2.35. The summed E-state index contributed by atoms with van der Waals surface area (Å²) in [6.45, 7) is -0.0476. The van der Waals surface area contributed by atoms with Gasteiger partial charge in [-0.1, -0.05) is 59.5 Å². The van der Waals surface area contributed by atoms with Crippen LogP contribution in [0.25, 0.3) is 10.9 Å². The van der Waals surface area contributed by atoms with Gasteiger partial charge in [-0.15, -0.1) is 0 Å². The molecule has 40 heavy (non-hydrogen) atoms. The predicted octanol–water partition coefficient (Wildman–Crippen LogP) is 6.27. The molecule has 204 valence electrons. The van der Waals surface area contributed by atoms with Crippen molar-refractivity contribution >= 4 is 44.7 Å². The summed E-state index contributed by atoms with van der Waals surface area (Å²) < 4.78 is 7.65. The maximum Gasteiger partial charge on any atom is 0.335 e. The molecule has 1 aliphatic rings. The maximum absolute atomic E-state index is 13.5. The van der Waals surface area contributed by atoms with Gasteiger partial charge in [-0.05, 0) is 48.7 Å². The zero-order valence-electron chi connectivity index (χ0n) is 21.3. The molecule has 11 heteroatoms. The summed E-state index contributed by atoms with van der Waals surface area (Å²) in [7, 11) is 0. The molecule has 5 rings (SSSR count). The number of fused-ring (bicyclic) bond motifs is 1. The number of nitro groups is 1. The quantitative estimate of drug-likeness (QED) is 0.142. The van der Waals surface area contributed by atoms with E-state index >= 15 is 0 Å². The number of nitrogens with zero attached hydrogens (tertiary/aromatic N) is 4.